The summed E-state index contributed by atoms with van der Waals surface area (Å²) in [6.07, 6.45) is 2.21. The van der Waals surface area contributed by atoms with Gasteiger partial charge in [0.1, 0.15) is 12.4 Å². The molecule has 0 atom stereocenters. The first-order valence-corrected chi connectivity index (χ1v) is 7.78. The van der Waals surface area contributed by atoms with Gasteiger partial charge in [0, 0.05) is 13.1 Å². The summed E-state index contributed by atoms with van der Waals surface area (Å²) < 4.78 is 5.69. The predicted molar refractivity (Wildman–Crippen MR) is 84.8 cm³/mol. The van der Waals surface area contributed by atoms with E-state index in [9.17, 15) is 4.79 Å². The Labute approximate surface area is 127 Å². The van der Waals surface area contributed by atoms with Crippen LogP contribution in [0.5, 0.6) is 5.75 Å². The van der Waals surface area contributed by atoms with Gasteiger partial charge in [-0.1, -0.05) is 13.0 Å². The molecule has 0 aromatic heterocycles. The van der Waals surface area contributed by atoms with Gasteiger partial charge in [0.15, 0.2) is 0 Å². The van der Waals surface area contributed by atoms with Gasteiger partial charge >= 0.3 is 6.03 Å². The number of ether oxygens (including phenoxy) is 1. The third-order valence-electron chi connectivity index (χ3n) is 3.91. The van der Waals surface area contributed by atoms with Gasteiger partial charge in [0.05, 0.1) is 6.54 Å². The SMILES string of the molecule is Cc1cc(C)cc(OCCNC(=O)N2CCC(C)CC2)c1. The molecule has 2 rings (SSSR count). The van der Waals surface area contributed by atoms with Gasteiger partial charge < -0.3 is 15.0 Å². The number of likely N-dealkylation sites (tertiary alicyclic amines) is 1. The van der Waals surface area contributed by atoms with E-state index < -0.39 is 0 Å². The minimum absolute atomic E-state index is 0.0333. The molecule has 4 nitrogen and oxygen atoms in total. The number of hydrogen-bond donors (Lipinski definition) is 1. The number of hydrogen-bond acceptors (Lipinski definition) is 2. The van der Waals surface area contributed by atoms with Crippen LogP contribution in [0.15, 0.2) is 18.2 Å². The van der Waals surface area contributed by atoms with E-state index in [1.807, 2.05) is 17.0 Å². The van der Waals surface area contributed by atoms with Gasteiger partial charge in [0.25, 0.3) is 0 Å². The fourth-order valence-electron chi connectivity index (χ4n) is 2.67. The van der Waals surface area contributed by atoms with E-state index in [0.29, 0.717) is 13.2 Å². The molecule has 0 radical (unpaired) electrons. The quantitative estimate of drug-likeness (QED) is 0.866. The first-order valence-electron chi connectivity index (χ1n) is 7.78. The molecule has 1 saturated heterocycles. The molecule has 0 unspecified atom stereocenters. The summed E-state index contributed by atoms with van der Waals surface area (Å²) in [4.78, 5) is 13.9. The first-order chi connectivity index (χ1) is 10.0. The van der Waals surface area contributed by atoms with Gasteiger partial charge in [-0.25, -0.2) is 4.79 Å². The molecule has 1 aromatic rings. The molecule has 21 heavy (non-hydrogen) atoms. The Kier molecular flexibility index (Phi) is 5.48. The highest BCUT2D eigenvalue weighted by atomic mass is 16.5. The van der Waals surface area contributed by atoms with Gasteiger partial charge in [-0.3, -0.25) is 0 Å². The third kappa shape index (κ3) is 4.96. The van der Waals surface area contributed by atoms with Gasteiger partial charge in [-0.2, -0.15) is 0 Å². The summed E-state index contributed by atoms with van der Waals surface area (Å²) in [6.45, 7) is 9.12. The molecule has 0 aliphatic carbocycles. The highest BCUT2D eigenvalue weighted by molar-refractivity contribution is 5.74. The van der Waals surface area contributed by atoms with Gasteiger partial charge in [-0.15, -0.1) is 0 Å². The van der Waals surface area contributed by atoms with E-state index in [-0.39, 0.29) is 6.03 Å². The number of nitrogens with zero attached hydrogens (tertiary/aromatic N) is 1. The molecule has 0 spiro atoms. The smallest absolute Gasteiger partial charge is 0.317 e. The highest BCUT2D eigenvalue weighted by Gasteiger charge is 2.19. The number of nitrogens with one attached hydrogen (secondary N) is 1. The van der Waals surface area contributed by atoms with Crippen molar-refractivity contribution in [3.05, 3.63) is 29.3 Å². The number of rotatable bonds is 4. The second-order valence-electron chi connectivity index (χ2n) is 6.07. The van der Waals surface area contributed by atoms with Gasteiger partial charge in [0.2, 0.25) is 0 Å². The van der Waals surface area contributed by atoms with Crippen molar-refractivity contribution < 1.29 is 9.53 Å². The Morgan fingerprint density at radius 2 is 1.86 bits per heavy atom. The lowest BCUT2D eigenvalue weighted by atomic mass is 10.00. The molecule has 1 fully saturated rings. The lowest BCUT2D eigenvalue weighted by molar-refractivity contribution is 0.172. The maximum atomic E-state index is 12.0. The molecule has 0 saturated carbocycles. The van der Waals surface area contributed by atoms with E-state index in [1.54, 1.807) is 0 Å². The van der Waals surface area contributed by atoms with E-state index >= 15 is 0 Å². The Morgan fingerprint density at radius 1 is 1.24 bits per heavy atom. The Balaban J connectivity index is 1.68. The number of aryl methyl sites for hydroxylation is 2. The van der Waals surface area contributed by atoms with Crippen LogP contribution in [0.25, 0.3) is 0 Å². The molecular formula is C17H26N2O2. The second kappa shape index (κ2) is 7.34. The van der Waals surface area contributed by atoms with Crippen LogP contribution in [0.4, 0.5) is 4.79 Å². The first kappa shape index (κ1) is 15.7. The molecule has 1 heterocycles. The van der Waals surface area contributed by atoms with Crippen LogP contribution in [0.3, 0.4) is 0 Å². The third-order valence-corrected chi connectivity index (χ3v) is 3.91. The topological polar surface area (TPSA) is 41.6 Å². The monoisotopic (exact) mass is 290 g/mol. The van der Waals surface area contributed by atoms with Crippen molar-refractivity contribution in [2.45, 2.75) is 33.6 Å². The largest absolute Gasteiger partial charge is 0.492 e. The summed E-state index contributed by atoms with van der Waals surface area (Å²) in [5, 5.41) is 2.93. The van der Waals surface area contributed by atoms with Crippen LogP contribution in [0.2, 0.25) is 0 Å². The lowest BCUT2D eigenvalue weighted by Crippen LogP contribution is -2.45. The number of benzene rings is 1. The maximum Gasteiger partial charge on any atom is 0.317 e. The zero-order valence-corrected chi connectivity index (χ0v) is 13.3. The maximum absolute atomic E-state index is 12.0. The van der Waals surface area contributed by atoms with Crippen LogP contribution < -0.4 is 10.1 Å². The van der Waals surface area contributed by atoms with E-state index in [1.165, 1.54) is 11.1 Å². The van der Waals surface area contributed by atoms with Crippen molar-refractivity contribution in [1.29, 1.82) is 0 Å². The molecule has 1 aromatic carbocycles. The molecule has 1 aliphatic heterocycles. The second-order valence-corrected chi connectivity index (χ2v) is 6.07. The normalized spacial score (nSPS) is 15.9. The Hall–Kier alpha value is -1.71. The van der Waals surface area contributed by atoms with Crippen molar-refractivity contribution in [2.75, 3.05) is 26.2 Å². The predicted octanol–water partition coefficient (Wildman–Crippen LogP) is 3.12. The van der Waals surface area contributed by atoms with E-state index in [0.717, 1.165) is 37.6 Å². The standard InChI is InChI=1S/C17H26N2O2/c1-13-4-7-19(8-5-13)17(20)18-6-9-21-16-11-14(2)10-15(3)12-16/h10-13H,4-9H2,1-3H3,(H,18,20). The molecule has 0 bridgehead atoms. The van der Waals surface area contributed by atoms with Crippen LogP contribution in [0.1, 0.15) is 30.9 Å². The van der Waals surface area contributed by atoms with Crippen molar-refractivity contribution in [2.24, 2.45) is 5.92 Å². The number of piperidine rings is 1. The molecular weight excluding hydrogens is 264 g/mol. The van der Waals surface area contributed by atoms with Crippen LogP contribution in [-0.2, 0) is 0 Å². The number of urea groups is 1. The van der Waals surface area contributed by atoms with Crippen LogP contribution >= 0.6 is 0 Å². The average Bonchev–Trinajstić information content (AvgIpc) is 2.43. The fraction of sp³-hybridized carbons (Fsp3) is 0.588. The number of carbonyl (C=O) groups is 1. The Morgan fingerprint density at radius 3 is 2.48 bits per heavy atom. The molecule has 4 heteroatoms. The van der Waals surface area contributed by atoms with Crippen molar-refractivity contribution in [1.82, 2.24) is 10.2 Å². The zero-order valence-electron chi connectivity index (χ0n) is 13.3. The fourth-order valence-corrected chi connectivity index (χ4v) is 2.67. The zero-order chi connectivity index (χ0) is 15.2. The van der Waals surface area contributed by atoms with E-state index in [4.69, 9.17) is 4.74 Å². The average molecular weight is 290 g/mol. The van der Waals surface area contributed by atoms with Crippen LogP contribution in [-0.4, -0.2) is 37.2 Å². The molecule has 2 amide bonds. The molecule has 1 N–H and O–H groups in total. The summed E-state index contributed by atoms with van der Waals surface area (Å²) in [5.74, 6) is 1.61. The van der Waals surface area contributed by atoms with E-state index in [2.05, 4.69) is 32.2 Å². The number of carbonyl (C=O) groups excluding carboxylic acids is 1. The highest BCUT2D eigenvalue weighted by Crippen LogP contribution is 2.16. The summed E-state index contributed by atoms with van der Waals surface area (Å²) in [7, 11) is 0. The minimum atomic E-state index is 0.0333. The Bertz CT molecular complexity index is 459. The van der Waals surface area contributed by atoms with Crippen LogP contribution in [0, 0.1) is 19.8 Å². The number of amides is 2. The summed E-state index contributed by atoms with van der Waals surface area (Å²) >= 11 is 0. The summed E-state index contributed by atoms with van der Waals surface area (Å²) in [5.41, 5.74) is 2.38. The van der Waals surface area contributed by atoms with Crippen molar-refractivity contribution in [3.63, 3.8) is 0 Å². The molecule has 1 aliphatic rings. The van der Waals surface area contributed by atoms with Crippen molar-refractivity contribution in [3.8, 4) is 5.75 Å². The minimum Gasteiger partial charge on any atom is -0.492 e. The lowest BCUT2D eigenvalue weighted by Gasteiger charge is -2.30. The van der Waals surface area contributed by atoms with Crippen molar-refractivity contribution >= 4 is 6.03 Å². The van der Waals surface area contributed by atoms with Gasteiger partial charge in [-0.05, 0) is 55.9 Å². The summed E-state index contributed by atoms with van der Waals surface area (Å²) in [6, 6.07) is 6.18. The molecule has 116 valence electrons.